The Labute approximate surface area is 119 Å². The van der Waals surface area contributed by atoms with Crippen LogP contribution in [-0.4, -0.2) is 23.6 Å². The summed E-state index contributed by atoms with van der Waals surface area (Å²) in [6.07, 6.45) is -4.06. The fraction of sp³-hybridized carbons (Fsp3) is 0.333. The lowest BCUT2D eigenvalue weighted by atomic mass is 10.2. The molecular weight excluding hydrogens is 307 g/mol. The predicted molar refractivity (Wildman–Crippen MR) is 68.1 cm³/mol. The number of hydrogen-bond donors (Lipinski definition) is 1. The minimum absolute atomic E-state index is 0.101. The highest BCUT2D eigenvalue weighted by Crippen LogP contribution is 2.30. The van der Waals surface area contributed by atoms with Crippen LogP contribution in [0.1, 0.15) is 24.1 Å². The number of hydrogen-bond acceptors (Lipinski definition) is 4. The van der Waals surface area contributed by atoms with E-state index in [1.807, 2.05) is 0 Å². The maximum atomic E-state index is 12.6. The van der Waals surface area contributed by atoms with Crippen LogP contribution in [0.3, 0.4) is 0 Å². The average Bonchev–Trinajstić information content (AvgIpc) is 2.85. The minimum Gasteiger partial charge on any atom is -0.262 e. The van der Waals surface area contributed by atoms with Gasteiger partial charge in [-0.05, 0) is 18.2 Å². The number of halogens is 3. The first-order valence-corrected chi connectivity index (χ1v) is 7.68. The van der Waals surface area contributed by atoms with Crippen molar-refractivity contribution in [1.82, 2.24) is 15.2 Å². The Bertz CT molecular complexity index is 738. The molecule has 0 amide bonds. The van der Waals surface area contributed by atoms with E-state index in [9.17, 15) is 21.6 Å². The van der Waals surface area contributed by atoms with Crippen molar-refractivity contribution >= 4 is 9.84 Å². The smallest absolute Gasteiger partial charge is 0.262 e. The van der Waals surface area contributed by atoms with Crippen molar-refractivity contribution in [3.63, 3.8) is 0 Å². The molecule has 1 N–H and O–H groups in total. The van der Waals surface area contributed by atoms with Crippen LogP contribution in [0.25, 0.3) is 0 Å². The van der Waals surface area contributed by atoms with E-state index in [1.165, 1.54) is 0 Å². The van der Waals surface area contributed by atoms with Gasteiger partial charge in [0.2, 0.25) is 0 Å². The minimum atomic E-state index is -4.59. The number of aryl methyl sites for hydroxylation is 1. The third-order valence-electron chi connectivity index (χ3n) is 2.74. The maximum Gasteiger partial charge on any atom is 0.416 e. The van der Waals surface area contributed by atoms with Crippen molar-refractivity contribution in [3.8, 4) is 0 Å². The van der Waals surface area contributed by atoms with Crippen LogP contribution in [0, 0.1) is 0 Å². The molecule has 114 valence electrons. The van der Waals surface area contributed by atoms with Crippen LogP contribution in [0.4, 0.5) is 13.2 Å². The zero-order valence-electron chi connectivity index (χ0n) is 11.0. The maximum absolute atomic E-state index is 12.6. The van der Waals surface area contributed by atoms with E-state index in [1.54, 1.807) is 6.92 Å². The van der Waals surface area contributed by atoms with Gasteiger partial charge in [0.1, 0.15) is 17.4 Å². The molecule has 21 heavy (non-hydrogen) atoms. The van der Waals surface area contributed by atoms with Gasteiger partial charge in [-0.3, -0.25) is 5.10 Å². The van der Waals surface area contributed by atoms with Crippen LogP contribution in [0.5, 0.6) is 0 Å². The van der Waals surface area contributed by atoms with Gasteiger partial charge in [-0.25, -0.2) is 13.4 Å². The molecule has 0 spiro atoms. The largest absolute Gasteiger partial charge is 0.416 e. The molecule has 0 aliphatic rings. The highest BCUT2D eigenvalue weighted by Gasteiger charge is 2.31. The summed E-state index contributed by atoms with van der Waals surface area (Å²) in [5.74, 6) is 0.0231. The third kappa shape index (κ3) is 3.60. The topological polar surface area (TPSA) is 75.7 Å². The Kier molecular flexibility index (Phi) is 4.04. The molecule has 0 bridgehead atoms. The Morgan fingerprint density at radius 3 is 2.57 bits per heavy atom. The van der Waals surface area contributed by atoms with Crippen molar-refractivity contribution < 1.29 is 21.6 Å². The number of aromatic nitrogens is 3. The molecule has 0 radical (unpaired) electrons. The molecule has 2 rings (SSSR count). The zero-order valence-corrected chi connectivity index (χ0v) is 11.8. The molecule has 1 aromatic carbocycles. The molecule has 0 fully saturated rings. The molecular formula is C12H12F3N3O2S. The van der Waals surface area contributed by atoms with Crippen molar-refractivity contribution in [2.45, 2.75) is 30.2 Å². The molecule has 1 aromatic heterocycles. The summed E-state index contributed by atoms with van der Waals surface area (Å²) in [5, 5.41) is 6.25. The van der Waals surface area contributed by atoms with E-state index in [4.69, 9.17) is 0 Å². The summed E-state index contributed by atoms with van der Waals surface area (Å²) >= 11 is 0. The van der Waals surface area contributed by atoms with Crippen molar-refractivity contribution in [1.29, 1.82) is 0 Å². The van der Waals surface area contributed by atoms with Crippen LogP contribution in [0.15, 0.2) is 29.2 Å². The molecule has 0 aliphatic carbocycles. The van der Waals surface area contributed by atoms with Crippen LogP contribution in [0.2, 0.25) is 0 Å². The lowest BCUT2D eigenvalue weighted by Gasteiger charge is -2.08. The summed E-state index contributed by atoms with van der Waals surface area (Å²) in [6, 6.07) is 3.63. The second-order valence-corrected chi connectivity index (χ2v) is 6.33. The molecule has 0 saturated carbocycles. The molecule has 9 heteroatoms. The van der Waals surface area contributed by atoms with E-state index in [-0.39, 0.29) is 5.82 Å². The average molecular weight is 319 g/mol. The number of aromatic amines is 1. The summed E-state index contributed by atoms with van der Waals surface area (Å²) in [4.78, 5) is 3.55. The third-order valence-corrected chi connectivity index (χ3v) is 4.37. The van der Waals surface area contributed by atoms with E-state index < -0.39 is 32.2 Å². The molecule has 0 unspecified atom stereocenters. The molecule has 0 atom stereocenters. The lowest BCUT2D eigenvalue weighted by Crippen LogP contribution is -2.10. The Balaban J connectivity index is 2.31. The number of alkyl halides is 3. The van der Waals surface area contributed by atoms with Gasteiger partial charge in [-0.2, -0.15) is 18.3 Å². The van der Waals surface area contributed by atoms with Gasteiger partial charge >= 0.3 is 6.18 Å². The number of H-pyrrole nitrogens is 1. The second kappa shape index (κ2) is 5.47. The van der Waals surface area contributed by atoms with Gasteiger partial charge in [-0.1, -0.05) is 13.0 Å². The van der Waals surface area contributed by atoms with Crippen molar-refractivity contribution in [2.24, 2.45) is 0 Å². The van der Waals surface area contributed by atoms with E-state index in [0.29, 0.717) is 18.3 Å². The number of benzene rings is 1. The highest BCUT2D eigenvalue weighted by molar-refractivity contribution is 7.90. The molecule has 2 aromatic rings. The number of nitrogens with zero attached hydrogens (tertiary/aromatic N) is 2. The molecule has 5 nitrogen and oxygen atoms in total. The van der Waals surface area contributed by atoms with Gasteiger partial charge in [0.25, 0.3) is 0 Å². The fourth-order valence-corrected chi connectivity index (χ4v) is 2.93. The fourth-order valence-electron chi connectivity index (χ4n) is 1.69. The van der Waals surface area contributed by atoms with Gasteiger partial charge in [0, 0.05) is 6.42 Å². The van der Waals surface area contributed by atoms with Gasteiger partial charge in [0.05, 0.1) is 10.5 Å². The van der Waals surface area contributed by atoms with Crippen LogP contribution >= 0.6 is 0 Å². The first kappa shape index (κ1) is 15.5. The first-order chi connectivity index (χ1) is 9.72. The first-order valence-electron chi connectivity index (χ1n) is 6.02. The summed E-state index contributed by atoms with van der Waals surface area (Å²) in [5.41, 5.74) is -1.00. The normalized spacial score (nSPS) is 12.6. The van der Waals surface area contributed by atoms with Crippen molar-refractivity contribution in [3.05, 3.63) is 41.5 Å². The molecule has 0 aliphatic heterocycles. The van der Waals surface area contributed by atoms with Crippen LogP contribution in [-0.2, 0) is 28.2 Å². The SMILES string of the molecule is CCc1n[nH]c(CS(=O)(=O)c2cccc(C(F)(F)F)c2)n1. The quantitative estimate of drug-likeness (QED) is 0.938. The predicted octanol–water partition coefficient (Wildman–Crippen LogP) is 2.36. The van der Waals surface area contributed by atoms with Crippen molar-refractivity contribution in [2.75, 3.05) is 0 Å². The Morgan fingerprint density at radius 2 is 2.00 bits per heavy atom. The Hall–Kier alpha value is -1.90. The summed E-state index contributed by atoms with van der Waals surface area (Å²) in [6.45, 7) is 1.80. The standard InChI is InChI=1S/C12H12F3N3O2S/c1-2-10-16-11(18-17-10)7-21(19,20)9-5-3-4-8(6-9)12(13,14)15/h3-6H,2,7H2,1H3,(H,16,17,18). The number of nitrogens with one attached hydrogen (secondary N) is 1. The highest BCUT2D eigenvalue weighted by atomic mass is 32.2. The number of rotatable bonds is 4. The van der Waals surface area contributed by atoms with E-state index in [0.717, 1.165) is 18.2 Å². The number of sulfone groups is 1. The zero-order chi connectivity index (χ0) is 15.7. The van der Waals surface area contributed by atoms with Gasteiger partial charge < -0.3 is 0 Å². The second-order valence-electron chi connectivity index (χ2n) is 4.34. The van der Waals surface area contributed by atoms with Gasteiger partial charge in [0.15, 0.2) is 9.84 Å². The molecule has 0 saturated heterocycles. The summed E-state index contributed by atoms with van der Waals surface area (Å²) in [7, 11) is -3.92. The van der Waals surface area contributed by atoms with Gasteiger partial charge in [-0.15, -0.1) is 0 Å². The summed E-state index contributed by atoms with van der Waals surface area (Å²) < 4.78 is 62.1. The lowest BCUT2D eigenvalue weighted by molar-refractivity contribution is -0.137. The van der Waals surface area contributed by atoms with E-state index in [2.05, 4.69) is 15.2 Å². The molecule has 1 heterocycles. The van der Waals surface area contributed by atoms with Crippen LogP contribution < -0.4 is 0 Å². The Morgan fingerprint density at radius 1 is 1.29 bits per heavy atom. The van der Waals surface area contributed by atoms with E-state index >= 15 is 0 Å². The monoisotopic (exact) mass is 319 g/mol.